The van der Waals surface area contributed by atoms with Crippen LogP contribution >= 0.6 is 0 Å². The summed E-state index contributed by atoms with van der Waals surface area (Å²) in [5.74, 6) is -0.234. The normalized spacial score (nSPS) is 10.8. The number of nitrogens with zero attached hydrogens (tertiary/aromatic N) is 5. The molecule has 1 N–H and O–H groups in total. The van der Waals surface area contributed by atoms with Crippen LogP contribution in [0.3, 0.4) is 0 Å². The Morgan fingerprint density at radius 3 is 2.69 bits per heavy atom. The topological polar surface area (TPSA) is 85.1 Å². The van der Waals surface area contributed by atoms with Crippen molar-refractivity contribution in [1.82, 2.24) is 24.9 Å². The summed E-state index contributed by atoms with van der Waals surface area (Å²) < 4.78 is 3.08. The number of amides is 1. The van der Waals surface area contributed by atoms with Gasteiger partial charge in [0.2, 0.25) is 5.91 Å². The van der Waals surface area contributed by atoms with E-state index in [1.165, 1.54) is 6.07 Å². The third-order valence-electron chi connectivity index (χ3n) is 4.08. The van der Waals surface area contributed by atoms with Crippen LogP contribution in [-0.2, 0) is 17.9 Å². The van der Waals surface area contributed by atoms with E-state index in [9.17, 15) is 9.59 Å². The summed E-state index contributed by atoms with van der Waals surface area (Å²) in [6.45, 7) is 1.14. The summed E-state index contributed by atoms with van der Waals surface area (Å²) in [4.78, 5) is 25.8. The molecule has 0 spiro atoms. The van der Waals surface area contributed by atoms with Crippen LogP contribution in [0.2, 0.25) is 0 Å². The highest BCUT2D eigenvalue weighted by Gasteiger charge is 2.07. The largest absolute Gasteiger partial charge is 0.376 e. The lowest BCUT2D eigenvalue weighted by Crippen LogP contribution is -2.34. The van der Waals surface area contributed by atoms with E-state index in [0.29, 0.717) is 18.8 Å². The van der Waals surface area contributed by atoms with Crippen molar-refractivity contribution in [1.29, 1.82) is 0 Å². The Morgan fingerprint density at radius 1 is 1.15 bits per heavy atom. The minimum absolute atomic E-state index is 0.0861. The zero-order valence-corrected chi connectivity index (χ0v) is 14.9. The van der Waals surface area contributed by atoms with E-state index in [4.69, 9.17) is 0 Å². The Morgan fingerprint density at radius 2 is 1.92 bits per heavy atom. The van der Waals surface area contributed by atoms with Crippen LogP contribution in [-0.4, -0.2) is 46.1 Å². The van der Waals surface area contributed by atoms with E-state index in [2.05, 4.69) is 15.5 Å². The predicted molar refractivity (Wildman–Crippen MR) is 100 cm³/mol. The zero-order valence-electron chi connectivity index (χ0n) is 14.9. The van der Waals surface area contributed by atoms with Crippen molar-refractivity contribution in [2.45, 2.75) is 19.5 Å². The molecule has 2 aromatic heterocycles. The van der Waals surface area contributed by atoms with Gasteiger partial charge in [-0.15, -0.1) is 0 Å². The number of nitrogens with one attached hydrogen (secondary N) is 1. The SMILES string of the molecule is CN(C)c1cnn(CC(=O)NCCCn2ncc3ccccc32)c(=O)c1. The molecule has 1 amide bonds. The molecule has 1 aromatic carbocycles. The maximum absolute atomic E-state index is 12.0. The summed E-state index contributed by atoms with van der Waals surface area (Å²) >= 11 is 0. The molecule has 0 aliphatic rings. The van der Waals surface area contributed by atoms with Crippen LogP contribution in [0.25, 0.3) is 10.9 Å². The van der Waals surface area contributed by atoms with Crippen LogP contribution in [0.15, 0.2) is 47.5 Å². The average Bonchev–Trinajstić information content (AvgIpc) is 3.03. The predicted octanol–water partition coefficient (Wildman–Crippen LogP) is 0.865. The third kappa shape index (κ3) is 4.08. The van der Waals surface area contributed by atoms with Gasteiger partial charge in [0.05, 0.1) is 23.6 Å². The minimum Gasteiger partial charge on any atom is -0.376 e. The third-order valence-corrected chi connectivity index (χ3v) is 4.08. The maximum Gasteiger partial charge on any atom is 0.269 e. The van der Waals surface area contributed by atoms with E-state index in [-0.39, 0.29) is 18.0 Å². The molecule has 26 heavy (non-hydrogen) atoms. The van der Waals surface area contributed by atoms with Gasteiger partial charge in [0.1, 0.15) is 6.54 Å². The van der Waals surface area contributed by atoms with Crippen molar-refractivity contribution in [2.24, 2.45) is 0 Å². The highest BCUT2D eigenvalue weighted by atomic mass is 16.2. The van der Waals surface area contributed by atoms with Gasteiger partial charge >= 0.3 is 0 Å². The monoisotopic (exact) mass is 354 g/mol. The number of para-hydroxylation sites is 1. The fourth-order valence-corrected chi connectivity index (χ4v) is 2.64. The lowest BCUT2D eigenvalue weighted by atomic mass is 10.2. The van der Waals surface area contributed by atoms with Crippen LogP contribution in [0.1, 0.15) is 6.42 Å². The quantitative estimate of drug-likeness (QED) is 0.636. The molecule has 136 valence electrons. The average molecular weight is 354 g/mol. The first-order chi connectivity index (χ1) is 12.5. The molecular formula is C18H22N6O2. The standard InChI is InChI=1S/C18H22N6O2/c1-22(2)15-10-18(26)24(21-12-15)13-17(25)19-8-5-9-23-16-7-4-3-6-14(16)11-20-23/h3-4,6-7,10-12H,5,8-9,13H2,1-2H3,(H,19,25). The highest BCUT2D eigenvalue weighted by molar-refractivity contribution is 5.78. The molecule has 0 radical (unpaired) electrons. The van der Waals surface area contributed by atoms with Crippen LogP contribution in [0, 0.1) is 0 Å². The van der Waals surface area contributed by atoms with E-state index < -0.39 is 0 Å². The van der Waals surface area contributed by atoms with Crippen molar-refractivity contribution >= 4 is 22.5 Å². The number of benzene rings is 1. The second-order valence-electron chi connectivity index (χ2n) is 6.23. The molecule has 0 atom stereocenters. The second kappa shape index (κ2) is 7.81. The first kappa shape index (κ1) is 17.7. The number of carbonyl (C=O) groups excluding carboxylic acids is 1. The van der Waals surface area contributed by atoms with Crippen molar-refractivity contribution in [2.75, 3.05) is 25.5 Å². The van der Waals surface area contributed by atoms with E-state index >= 15 is 0 Å². The summed E-state index contributed by atoms with van der Waals surface area (Å²) in [6.07, 6.45) is 4.15. The minimum atomic E-state index is -0.297. The van der Waals surface area contributed by atoms with Gasteiger partial charge in [-0.2, -0.15) is 10.2 Å². The maximum atomic E-state index is 12.0. The van der Waals surface area contributed by atoms with Crippen molar-refractivity contribution < 1.29 is 4.79 Å². The number of fused-ring (bicyclic) bond motifs is 1. The molecule has 0 aliphatic heterocycles. The van der Waals surface area contributed by atoms with E-state index in [1.54, 1.807) is 11.1 Å². The summed E-state index contributed by atoms with van der Waals surface area (Å²) in [6, 6.07) is 9.47. The lowest BCUT2D eigenvalue weighted by molar-refractivity contribution is -0.121. The van der Waals surface area contributed by atoms with Crippen LogP contribution in [0.5, 0.6) is 0 Å². The van der Waals surface area contributed by atoms with Crippen molar-refractivity contribution in [3.8, 4) is 0 Å². The lowest BCUT2D eigenvalue weighted by Gasteiger charge is -2.12. The Kier molecular flexibility index (Phi) is 5.31. The fraction of sp³-hybridized carbons (Fsp3) is 0.333. The number of hydrogen-bond acceptors (Lipinski definition) is 5. The number of carbonyl (C=O) groups is 1. The van der Waals surface area contributed by atoms with Gasteiger partial charge in [0.25, 0.3) is 5.56 Å². The van der Waals surface area contributed by atoms with Crippen LogP contribution in [0.4, 0.5) is 5.69 Å². The smallest absolute Gasteiger partial charge is 0.269 e. The van der Waals surface area contributed by atoms with Crippen LogP contribution < -0.4 is 15.8 Å². The van der Waals surface area contributed by atoms with E-state index in [1.807, 2.05) is 49.2 Å². The Bertz CT molecular complexity index is 959. The van der Waals surface area contributed by atoms with Gasteiger partial charge < -0.3 is 10.2 Å². The highest BCUT2D eigenvalue weighted by Crippen LogP contribution is 2.12. The Labute approximate surface area is 151 Å². The first-order valence-electron chi connectivity index (χ1n) is 8.46. The zero-order chi connectivity index (χ0) is 18.5. The first-order valence-corrected chi connectivity index (χ1v) is 8.46. The van der Waals surface area contributed by atoms with Gasteiger partial charge in [-0.1, -0.05) is 18.2 Å². The van der Waals surface area contributed by atoms with Gasteiger partial charge in [-0.05, 0) is 12.5 Å². The summed E-state index contributed by atoms with van der Waals surface area (Å²) in [5, 5.41) is 12.3. The molecule has 0 saturated carbocycles. The molecule has 0 bridgehead atoms. The molecule has 0 fully saturated rings. The molecule has 0 aliphatic carbocycles. The summed E-state index contributed by atoms with van der Waals surface area (Å²) in [5.41, 5.74) is 1.49. The van der Waals surface area contributed by atoms with Crippen molar-refractivity contribution in [3.05, 3.63) is 53.1 Å². The molecule has 3 rings (SSSR count). The Balaban J connectivity index is 1.48. The molecule has 3 aromatic rings. The molecule has 8 heteroatoms. The molecule has 2 heterocycles. The number of aromatic nitrogens is 4. The Hall–Kier alpha value is -3.16. The number of aryl methyl sites for hydroxylation is 1. The molecular weight excluding hydrogens is 332 g/mol. The van der Waals surface area contributed by atoms with Gasteiger partial charge in [0, 0.05) is 38.6 Å². The number of rotatable bonds is 7. The van der Waals surface area contributed by atoms with Gasteiger partial charge in [0.15, 0.2) is 0 Å². The molecule has 8 nitrogen and oxygen atoms in total. The number of anilines is 1. The second-order valence-corrected chi connectivity index (χ2v) is 6.23. The molecule has 0 unspecified atom stereocenters. The fourth-order valence-electron chi connectivity index (χ4n) is 2.64. The number of hydrogen-bond donors (Lipinski definition) is 1. The van der Waals surface area contributed by atoms with Gasteiger partial charge in [-0.25, -0.2) is 4.68 Å². The summed E-state index contributed by atoms with van der Waals surface area (Å²) in [7, 11) is 3.66. The van der Waals surface area contributed by atoms with E-state index in [0.717, 1.165) is 22.0 Å². The molecule has 0 saturated heterocycles. The van der Waals surface area contributed by atoms with Gasteiger partial charge in [-0.3, -0.25) is 14.3 Å². The van der Waals surface area contributed by atoms with Crippen molar-refractivity contribution in [3.63, 3.8) is 0 Å².